The van der Waals surface area contributed by atoms with E-state index >= 15 is 0 Å². The number of nitrogens with zero attached hydrogens (tertiary/aromatic N) is 1. The average Bonchev–Trinajstić information content (AvgIpc) is 2.73. The molecule has 0 amide bonds. The lowest BCUT2D eigenvalue weighted by molar-refractivity contribution is 0.194. The monoisotopic (exact) mass is 299 g/mol. The van der Waals surface area contributed by atoms with Crippen LogP contribution in [0.15, 0.2) is 30.3 Å². The Labute approximate surface area is 121 Å². The number of hydrogen-bond donors (Lipinski definition) is 1. The SMILES string of the molecule is C[C@@H](O)c1c(F)cccc1N(C)Cc1ccc(Cl)s1. The summed E-state index contributed by atoms with van der Waals surface area (Å²) in [6.45, 7) is 2.19. The van der Waals surface area contributed by atoms with Gasteiger partial charge in [0.15, 0.2) is 0 Å². The van der Waals surface area contributed by atoms with Crippen molar-refractivity contribution in [3.05, 3.63) is 50.9 Å². The summed E-state index contributed by atoms with van der Waals surface area (Å²) in [5, 5.41) is 9.72. The summed E-state index contributed by atoms with van der Waals surface area (Å²) in [6.07, 6.45) is -0.842. The molecule has 2 rings (SSSR count). The molecule has 1 atom stereocenters. The zero-order valence-corrected chi connectivity index (χ0v) is 12.3. The molecule has 102 valence electrons. The summed E-state index contributed by atoms with van der Waals surface area (Å²) in [5.74, 6) is -0.386. The van der Waals surface area contributed by atoms with Crippen LogP contribution in [0.25, 0.3) is 0 Å². The highest BCUT2D eigenvalue weighted by Crippen LogP contribution is 2.30. The van der Waals surface area contributed by atoms with Crippen LogP contribution in [-0.4, -0.2) is 12.2 Å². The predicted octanol–water partition coefficient (Wildman–Crippen LogP) is 4.23. The lowest BCUT2D eigenvalue weighted by Gasteiger charge is -2.23. The van der Waals surface area contributed by atoms with Gasteiger partial charge in [-0.2, -0.15) is 0 Å². The van der Waals surface area contributed by atoms with Crippen LogP contribution in [0.1, 0.15) is 23.5 Å². The number of hydrogen-bond acceptors (Lipinski definition) is 3. The number of rotatable bonds is 4. The molecule has 0 bridgehead atoms. The van der Waals surface area contributed by atoms with Gasteiger partial charge in [-0.25, -0.2) is 4.39 Å². The van der Waals surface area contributed by atoms with Gasteiger partial charge >= 0.3 is 0 Å². The van der Waals surface area contributed by atoms with Gasteiger partial charge in [0, 0.05) is 23.2 Å². The molecular formula is C14H15ClFNOS. The molecule has 1 aromatic heterocycles. The Morgan fingerprint density at radius 1 is 1.37 bits per heavy atom. The first-order chi connectivity index (χ1) is 8.99. The number of halogens is 2. The Bertz CT molecular complexity index is 570. The van der Waals surface area contributed by atoms with Gasteiger partial charge in [0.25, 0.3) is 0 Å². The van der Waals surface area contributed by atoms with Crippen LogP contribution in [0.3, 0.4) is 0 Å². The maximum Gasteiger partial charge on any atom is 0.131 e. The van der Waals surface area contributed by atoms with E-state index in [0.717, 1.165) is 9.21 Å². The quantitative estimate of drug-likeness (QED) is 0.913. The van der Waals surface area contributed by atoms with E-state index in [1.165, 1.54) is 17.4 Å². The minimum atomic E-state index is -0.842. The van der Waals surface area contributed by atoms with E-state index in [-0.39, 0.29) is 5.82 Å². The zero-order valence-electron chi connectivity index (χ0n) is 10.7. The third-order valence-electron chi connectivity index (χ3n) is 2.88. The van der Waals surface area contributed by atoms with Crippen molar-refractivity contribution in [3.8, 4) is 0 Å². The van der Waals surface area contributed by atoms with E-state index in [9.17, 15) is 9.50 Å². The Hall–Kier alpha value is -1.10. The first-order valence-electron chi connectivity index (χ1n) is 5.91. The fourth-order valence-electron chi connectivity index (χ4n) is 2.03. The van der Waals surface area contributed by atoms with E-state index in [4.69, 9.17) is 11.6 Å². The highest BCUT2D eigenvalue weighted by atomic mass is 35.5. The topological polar surface area (TPSA) is 23.5 Å². The molecule has 2 nitrogen and oxygen atoms in total. The molecule has 0 fully saturated rings. The molecule has 0 spiro atoms. The maximum atomic E-state index is 13.8. The molecule has 1 aromatic carbocycles. The minimum Gasteiger partial charge on any atom is -0.389 e. The van der Waals surface area contributed by atoms with Crippen LogP contribution in [0.4, 0.5) is 10.1 Å². The van der Waals surface area contributed by atoms with E-state index in [1.54, 1.807) is 19.1 Å². The van der Waals surface area contributed by atoms with E-state index < -0.39 is 6.10 Å². The molecule has 5 heteroatoms. The molecule has 1 heterocycles. The van der Waals surface area contributed by atoms with Gasteiger partial charge in [-0.3, -0.25) is 0 Å². The van der Waals surface area contributed by atoms with Crippen molar-refractivity contribution in [2.24, 2.45) is 0 Å². The Morgan fingerprint density at radius 3 is 2.68 bits per heavy atom. The fraction of sp³-hybridized carbons (Fsp3) is 0.286. The molecular weight excluding hydrogens is 285 g/mol. The van der Waals surface area contributed by atoms with Crippen molar-refractivity contribution in [3.63, 3.8) is 0 Å². The Morgan fingerprint density at radius 2 is 2.11 bits per heavy atom. The van der Waals surface area contributed by atoms with Crippen molar-refractivity contribution in [2.45, 2.75) is 19.6 Å². The van der Waals surface area contributed by atoms with Gasteiger partial charge < -0.3 is 10.0 Å². The highest BCUT2D eigenvalue weighted by molar-refractivity contribution is 7.16. The van der Waals surface area contributed by atoms with Crippen LogP contribution in [-0.2, 0) is 6.54 Å². The van der Waals surface area contributed by atoms with Gasteiger partial charge in [0.2, 0.25) is 0 Å². The number of aliphatic hydroxyl groups is 1. The van der Waals surface area contributed by atoms with Gasteiger partial charge in [-0.05, 0) is 31.2 Å². The van der Waals surface area contributed by atoms with Gasteiger partial charge in [0.05, 0.1) is 17.0 Å². The first-order valence-corrected chi connectivity index (χ1v) is 7.10. The van der Waals surface area contributed by atoms with Crippen molar-refractivity contribution >= 4 is 28.6 Å². The minimum absolute atomic E-state index is 0.327. The summed E-state index contributed by atoms with van der Waals surface area (Å²) in [6, 6.07) is 8.61. The standard InChI is InChI=1S/C14H15ClFNOS/c1-9(18)14-11(16)4-3-5-12(14)17(2)8-10-6-7-13(15)19-10/h3-7,9,18H,8H2,1-2H3/t9-/m1/s1. The molecule has 2 aromatic rings. The van der Waals surface area contributed by atoms with Gasteiger partial charge in [-0.1, -0.05) is 17.7 Å². The molecule has 19 heavy (non-hydrogen) atoms. The third kappa shape index (κ3) is 3.26. The Balaban J connectivity index is 2.28. The highest BCUT2D eigenvalue weighted by Gasteiger charge is 2.16. The summed E-state index contributed by atoms with van der Waals surface area (Å²) in [4.78, 5) is 3.00. The second-order valence-corrected chi connectivity index (χ2v) is 6.21. The summed E-state index contributed by atoms with van der Waals surface area (Å²) < 4.78 is 14.5. The van der Waals surface area contributed by atoms with Gasteiger partial charge in [0.1, 0.15) is 5.82 Å². The predicted molar refractivity (Wildman–Crippen MR) is 78.5 cm³/mol. The molecule has 0 unspecified atom stereocenters. The lowest BCUT2D eigenvalue weighted by Crippen LogP contribution is -2.18. The van der Waals surface area contributed by atoms with Crippen LogP contribution in [0.5, 0.6) is 0 Å². The van der Waals surface area contributed by atoms with E-state index in [0.29, 0.717) is 17.8 Å². The molecule has 0 aliphatic heterocycles. The van der Waals surface area contributed by atoms with E-state index in [1.807, 2.05) is 24.1 Å². The number of thiophene rings is 1. The zero-order chi connectivity index (χ0) is 14.0. The van der Waals surface area contributed by atoms with E-state index in [2.05, 4.69) is 0 Å². The number of benzene rings is 1. The third-order valence-corrected chi connectivity index (χ3v) is 4.10. The second-order valence-electron chi connectivity index (χ2n) is 4.41. The van der Waals surface area contributed by atoms with Crippen LogP contribution >= 0.6 is 22.9 Å². The largest absolute Gasteiger partial charge is 0.389 e. The molecule has 0 radical (unpaired) electrons. The van der Waals surface area contributed by atoms with Crippen LogP contribution in [0, 0.1) is 5.82 Å². The summed E-state index contributed by atoms with van der Waals surface area (Å²) in [5.41, 5.74) is 1.02. The fourth-order valence-corrected chi connectivity index (χ4v) is 3.17. The molecule has 0 saturated carbocycles. The normalized spacial score (nSPS) is 12.5. The lowest BCUT2D eigenvalue weighted by atomic mass is 10.1. The maximum absolute atomic E-state index is 13.8. The molecule has 0 saturated heterocycles. The summed E-state index contributed by atoms with van der Waals surface area (Å²) >= 11 is 7.39. The second kappa shape index (κ2) is 5.90. The summed E-state index contributed by atoms with van der Waals surface area (Å²) in [7, 11) is 1.87. The smallest absolute Gasteiger partial charge is 0.131 e. The van der Waals surface area contributed by atoms with Gasteiger partial charge in [-0.15, -0.1) is 11.3 Å². The molecule has 0 aliphatic rings. The first kappa shape index (κ1) is 14.3. The van der Waals surface area contributed by atoms with Crippen molar-refractivity contribution in [1.82, 2.24) is 0 Å². The molecule has 0 aliphatic carbocycles. The van der Waals surface area contributed by atoms with Crippen LogP contribution in [0.2, 0.25) is 4.34 Å². The molecule has 1 N–H and O–H groups in total. The van der Waals surface area contributed by atoms with Crippen molar-refractivity contribution in [2.75, 3.05) is 11.9 Å². The average molecular weight is 300 g/mol. The number of anilines is 1. The van der Waals surface area contributed by atoms with Crippen molar-refractivity contribution < 1.29 is 9.50 Å². The van der Waals surface area contributed by atoms with Crippen LogP contribution < -0.4 is 4.90 Å². The number of aliphatic hydroxyl groups excluding tert-OH is 1. The Kier molecular flexibility index (Phi) is 4.45. The van der Waals surface area contributed by atoms with Crippen molar-refractivity contribution in [1.29, 1.82) is 0 Å².